The first kappa shape index (κ1) is 9.67. The van der Waals surface area contributed by atoms with Crippen LogP contribution >= 0.6 is 0 Å². The second-order valence-corrected chi connectivity index (χ2v) is 2.87. The van der Waals surface area contributed by atoms with Crippen LogP contribution in [0.25, 0.3) is 0 Å². The molecule has 1 unspecified atom stereocenters. The first-order chi connectivity index (χ1) is 6.09. The number of aliphatic hydroxyl groups is 1. The molecule has 1 aromatic rings. The van der Waals surface area contributed by atoms with E-state index in [2.05, 4.69) is 10.3 Å². The van der Waals surface area contributed by atoms with Crippen LogP contribution < -0.4 is 5.32 Å². The zero-order chi connectivity index (χ0) is 9.90. The molecule has 13 heavy (non-hydrogen) atoms. The van der Waals surface area contributed by atoms with Crippen LogP contribution in [0.2, 0.25) is 0 Å². The van der Waals surface area contributed by atoms with E-state index in [1.54, 1.807) is 18.2 Å². The number of carbonyl (C=O) groups is 1. The Balaban J connectivity index is 3.00. The first-order valence-corrected chi connectivity index (χ1v) is 3.95. The lowest BCUT2D eigenvalue weighted by Crippen LogP contribution is -2.40. The van der Waals surface area contributed by atoms with Crippen molar-refractivity contribution in [3.05, 3.63) is 30.1 Å². The molecular formula is C9H12N2O2. The summed E-state index contributed by atoms with van der Waals surface area (Å²) in [7, 11) is 1.47. The Bertz CT molecular complexity index is 296. The normalized spacial score (nSPS) is 14.7. The predicted octanol–water partition coefficient (Wildman–Crippen LogP) is 0.0351. The third-order valence-electron chi connectivity index (χ3n) is 1.83. The summed E-state index contributed by atoms with van der Waals surface area (Å²) < 4.78 is 0. The lowest BCUT2D eigenvalue weighted by Gasteiger charge is -2.19. The maximum atomic E-state index is 11.2. The monoisotopic (exact) mass is 180 g/mol. The second kappa shape index (κ2) is 3.53. The quantitative estimate of drug-likeness (QED) is 0.675. The van der Waals surface area contributed by atoms with Crippen LogP contribution in [0.5, 0.6) is 0 Å². The van der Waals surface area contributed by atoms with Gasteiger partial charge in [0.2, 0.25) is 0 Å². The number of aromatic nitrogens is 1. The average Bonchev–Trinajstić information content (AvgIpc) is 2.18. The van der Waals surface area contributed by atoms with E-state index in [0.29, 0.717) is 5.69 Å². The molecule has 0 bridgehead atoms. The highest BCUT2D eigenvalue weighted by molar-refractivity contribution is 5.84. The lowest BCUT2D eigenvalue weighted by atomic mass is 10.0. The van der Waals surface area contributed by atoms with Gasteiger partial charge in [-0.15, -0.1) is 0 Å². The summed E-state index contributed by atoms with van der Waals surface area (Å²) in [5, 5.41) is 12.2. The van der Waals surface area contributed by atoms with Gasteiger partial charge in [-0.1, -0.05) is 6.07 Å². The fourth-order valence-corrected chi connectivity index (χ4v) is 1.01. The summed E-state index contributed by atoms with van der Waals surface area (Å²) in [5.41, 5.74) is -1.22. The number of carbonyl (C=O) groups excluding carboxylic acids is 1. The minimum atomic E-state index is -1.56. The van der Waals surface area contributed by atoms with E-state index >= 15 is 0 Å². The number of amides is 1. The van der Waals surface area contributed by atoms with Gasteiger partial charge in [0.15, 0.2) is 5.60 Å². The molecule has 1 aromatic heterocycles. The van der Waals surface area contributed by atoms with Gasteiger partial charge in [0.1, 0.15) is 0 Å². The first-order valence-electron chi connectivity index (χ1n) is 3.95. The molecule has 0 fully saturated rings. The van der Waals surface area contributed by atoms with Crippen molar-refractivity contribution in [2.24, 2.45) is 0 Å². The molecule has 4 nitrogen and oxygen atoms in total. The van der Waals surface area contributed by atoms with Crippen molar-refractivity contribution < 1.29 is 9.90 Å². The number of hydrogen-bond donors (Lipinski definition) is 2. The standard InChI is InChI=1S/C9H12N2O2/c1-9(13,8(12)10-2)7-5-3-4-6-11-7/h3-6,13H,1-2H3,(H,10,12). The molecule has 1 atom stereocenters. The summed E-state index contributed by atoms with van der Waals surface area (Å²) in [5.74, 6) is -0.466. The van der Waals surface area contributed by atoms with Crippen molar-refractivity contribution in [1.82, 2.24) is 10.3 Å². The molecule has 0 radical (unpaired) electrons. The van der Waals surface area contributed by atoms with Crippen LogP contribution in [-0.4, -0.2) is 23.0 Å². The third-order valence-corrected chi connectivity index (χ3v) is 1.83. The van der Waals surface area contributed by atoms with Gasteiger partial charge in [-0.2, -0.15) is 0 Å². The summed E-state index contributed by atoms with van der Waals surface area (Å²) in [4.78, 5) is 15.1. The summed E-state index contributed by atoms with van der Waals surface area (Å²) in [6.45, 7) is 1.41. The van der Waals surface area contributed by atoms with E-state index in [-0.39, 0.29) is 0 Å². The molecule has 1 amide bonds. The molecule has 0 aromatic carbocycles. The van der Waals surface area contributed by atoms with Gasteiger partial charge in [-0.25, -0.2) is 0 Å². The molecule has 0 aliphatic heterocycles. The Morgan fingerprint density at radius 3 is 2.77 bits per heavy atom. The van der Waals surface area contributed by atoms with Crippen LogP contribution in [0.15, 0.2) is 24.4 Å². The Morgan fingerprint density at radius 1 is 1.62 bits per heavy atom. The van der Waals surface area contributed by atoms with Crippen molar-refractivity contribution in [3.63, 3.8) is 0 Å². The molecule has 0 saturated heterocycles. The molecule has 4 heteroatoms. The van der Waals surface area contributed by atoms with Crippen LogP contribution in [-0.2, 0) is 10.4 Å². The van der Waals surface area contributed by atoms with Crippen LogP contribution in [0.3, 0.4) is 0 Å². The van der Waals surface area contributed by atoms with Gasteiger partial charge in [-0.05, 0) is 19.1 Å². The van der Waals surface area contributed by atoms with Crippen LogP contribution in [0, 0.1) is 0 Å². The Morgan fingerprint density at radius 2 is 2.31 bits per heavy atom. The fourth-order valence-electron chi connectivity index (χ4n) is 1.01. The van der Waals surface area contributed by atoms with Crippen molar-refractivity contribution in [2.75, 3.05) is 7.05 Å². The highest BCUT2D eigenvalue weighted by atomic mass is 16.3. The molecule has 0 spiro atoms. The van der Waals surface area contributed by atoms with E-state index in [9.17, 15) is 9.90 Å². The van der Waals surface area contributed by atoms with Gasteiger partial charge >= 0.3 is 0 Å². The molecule has 0 saturated carbocycles. The minimum absolute atomic E-state index is 0.342. The number of pyridine rings is 1. The Hall–Kier alpha value is -1.42. The molecule has 0 aliphatic carbocycles. The van der Waals surface area contributed by atoms with Gasteiger partial charge < -0.3 is 10.4 Å². The zero-order valence-electron chi connectivity index (χ0n) is 7.61. The van der Waals surface area contributed by atoms with E-state index in [4.69, 9.17) is 0 Å². The average molecular weight is 180 g/mol. The Labute approximate surface area is 76.6 Å². The summed E-state index contributed by atoms with van der Waals surface area (Å²) in [6, 6.07) is 5.05. The zero-order valence-corrected chi connectivity index (χ0v) is 7.61. The summed E-state index contributed by atoms with van der Waals surface area (Å²) >= 11 is 0. The number of nitrogens with one attached hydrogen (secondary N) is 1. The van der Waals surface area contributed by atoms with E-state index in [0.717, 1.165) is 0 Å². The Kier molecular flexibility index (Phi) is 2.63. The van der Waals surface area contributed by atoms with Crippen molar-refractivity contribution in [1.29, 1.82) is 0 Å². The topological polar surface area (TPSA) is 62.2 Å². The van der Waals surface area contributed by atoms with E-state index in [1.807, 2.05) is 0 Å². The summed E-state index contributed by atoms with van der Waals surface area (Å²) in [6.07, 6.45) is 1.53. The van der Waals surface area contributed by atoms with Gasteiger partial charge in [0.25, 0.3) is 5.91 Å². The van der Waals surface area contributed by atoms with E-state index in [1.165, 1.54) is 20.2 Å². The highest BCUT2D eigenvalue weighted by Crippen LogP contribution is 2.17. The van der Waals surface area contributed by atoms with Crippen molar-refractivity contribution in [2.45, 2.75) is 12.5 Å². The number of rotatable bonds is 2. The maximum absolute atomic E-state index is 11.2. The third kappa shape index (κ3) is 1.84. The lowest BCUT2D eigenvalue weighted by molar-refractivity contribution is -0.138. The fraction of sp³-hybridized carbons (Fsp3) is 0.333. The van der Waals surface area contributed by atoms with Gasteiger partial charge in [0, 0.05) is 13.2 Å². The van der Waals surface area contributed by atoms with Crippen molar-refractivity contribution >= 4 is 5.91 Å². The van der Waals surface area contributed by atoms with Crippen LogP contribution in [0.4, 0.5) is 0 Å². The molecule has 2 N–H and O–H groups in total. The highest BCUT2D eigenvalue weighted by Gasteiger charge is 2.32. The molecule has 1 heterocycles. The molecule has 1 rings (SSSR count). The smallest absolute Gasteiger partial charge is 0.257 e. The second-order valence-electron chi connectivity index (χ2n) is 2.87. The van der Waals surface area contributed by atoms with Crippen LogP contribution in [0.1, 0.15) is 12.6 Å². The minimum Gasteiger partial charge on any atom is -0.374 e. The predicted molar refractivity (Wildman–Crippen MR) is 47.9 cm³/mol. The number of hydrogen-bond acceptors (Lipinski definition) is 3. The van der Waals surface area contributed by atoms with Gasteiger partial charge in [0.05, 0.1) is 5.69 Å². The SMILES string of the molecule is CNC(=O)C(C)(O)c1ccccn1. The maximum Gasteiger partial charge on any atom is 0.257 e. The molecule has 70 valence electrons. The largest absolute Gasteiger partial charge is 0.374 e. The van der Waals surface area contributed by atoms with Gasteiger partial charge in [-0.3, -0.25) is 9.78 Å². The van der Waals surface area contributed by atoms with Crippen molar-refractivity contribution in [3.8, 4) is 0 Å². The van der Waals surface area contributed by atoms with E-state index < -0.39 is 11.5 Å². The number of likely N-dealkylation sites (N-methyl/N-ethyl adjacent to an activating group) is 1. The number of nitrogens with zero attached hydrogens (tertiary/aromatic N) is 1. The molecular weight excluding hydrogens is 168 g/mol. The molecule has 0 aliphatic rings.